The average molecular weight is 293 g/mol. The molecule has 20 heavy (non-hydrogen) atoms. The molecule has 0 saturated heterocycles. The van der Waals surface area contributed by atoms with Crippen LogP contribution in [-0.2, 0) is 14.8 Å². The van der Waals surface area contributed by atoms with Crippen molar-refractivity contribution in [2.45, 2.75) is 24.8 Å². The number of hydrogen-bond acceptors (Lipinski definition) is 3. The highest BCUT2D eigenvalue weighted by molar-refractivity contribution is 7.89. The Kier molecular flexibility index (Phi) is 4.75. The number of ether oxygens (including phenoxy) is 1. The summed E-state index contributed by atoms with van der Waals surface area (Å²) in [6.07, 6.45) is 0.0945. The van der Waals surface area contributed by atoms with E-state index in [-0.39, 0.29) is 12.6 Å². The van der Waals surface area contributed by atoms with Crippen LogP contribution in [0.25, 0.3) is 10.8 Å². The molecule has 2 rings (SSSR count). The van der Waals surface area contributed by atoms with Crippen molar-refractivity contribution in [2.75, 3.05) is 13.2 Å². The Labute approximate surface area is 119 Å². The van der Waals surface area contributed by atoms with Crippen molar-refractivity contribution in [3.63, 3.8) is 0 Å². The van der Waals surface area contributed by atoms with Gasteiger partial charge in [-0.25, -0.2) is 13.1 Å². The molecule has 2 aromatic rings. The van der Waals surface area contributed by atoms with Crippen LogP contribution >= 0.6 is 0 Å². The second-order valence-corrected chi connectivity index (χ2v) is 6.53. The normalized spacial score (nSPS) is 12.2. The number of benzene rings is 2. The Morgan fingerprint density at radius 3 is 2.55 bits per heavy atom. The van der Waals surface area contributed by atoms with Gasteiger partial charge in [0.25, 0.3) is 0 Å². The van der Waals surface area contributed by atoms with Gasteiger partial charge in [0.1, 0.15) is 0 Å². The van der Waals surface area contributed by atoms with E-state index in [1.165, 1.54) is 0 Å². The molecule has 0 unspecified atom stereocenters. The van der Waals surface area contributed by atoms with Gasteiger partial charge in [-0.3, -0.25) is 0 Å². The van der Waals surface area contributed by atoms with Crippen LogP contribution in [0.1, 0.15) is 13.8 Å². The summed E-state index contributed by atoms with van der Waals surface area (Å²) in [7, 11) is -3.51. The summed E-state index contributed by atoms with van der Waals surface area (Å²) in [6.45, 7) is 4.46. The van der Waals surface area contributed by atoms with Crippen molar-refractivity contribution in [1.82, 2.24) is 4.72 Å². The number of rotatable bonds is 6. The first-order valence-corrected chi connectivity index (χ1v) is 8.08. The molecule has 0 aliphatic carbocycles. The number of nitrogens with one attached hydrogen (secondary N) is 1. The third kappa shape index (κ3) is 3.56. The third-order valence-electron chi connectivity index (χ3n) is 2.88. The zero-order valence-electron chi connectivity index (χ0n) is 11.7. The molecule has 4 nitrogen and oxygen atoms in total. The van der Waals surface area contributed by atoms with E-state index in [1.807, 2.05) is 44.2 Å². The summed E-state index contributed by atoms with van der Waals surface area (Å²) >= 11 is 0. The average Bonchev–Trinajstić information content (AvgIpc) is 2.43. The van der Waals surface area contributed by atoms with Gasteiger partial charge < -0.3 is 4.74 Å². The zero-order valence-corrected chi connectivity index (χ0v) is 12.5. The van der Waals surface area contributed by atoms with Crippen LogP contribution in [0.4, 0.5) is 0 Å². The molecule has 5 heteroatoms. The van der Waals surface area contributed by atoms with Crippen LogP contribution in [0.3, 0.4) is 0 Å². The maximum absolute atomic E-state index is 12.3. The highest BCUT2D eigenvalue weighted by Gasteiger charge is 2.16. The van der Waals surface area contributed by atoms with Crippen molar-refractivity contribution >= 4 is 20.8 Å². The fraction of sp³-hybridized carbons (Fsp3) is 0.333. The third-order valence-corrected chi connectivity index (χ3v) is 4.40. The fourth-order valence-electron chi connectivity index (χ4n) is 1.98. The lowest BCUT2D eigenvalue weighted by atomic mass is 10.1. The largest absolute Gasteiger partial charge is 0.377 e. The van der Waals surface area contributed by atoms with E-state index in [0.29, 0.717) is 11.5 Å². The Hall–Kier alpha value is -1.43. The lowest BCUT2D eigenvalue weighted by molar-refractivity contribution is 0.0834. The van der Waals surface area contributed by atoms with Crippen molar-refractivity contribution < 1.29 is 13.2 Å². The molecule has 0 heterocycles. The first kappa shape index (κ1) is 15.0. The van der Waals surface area contributed by atoms with Gasteiger partial charge in [-0.05, 0) is 25.3 Å². The number of sulfonamides is 1. The highest BCUT2D eigenvalue weighted by atomic mass is 32.2. The van der Waals surface area contributed by atoms with E-state index in [4.69, 9.17) is 4.74 Å². The molecule has 0 aromatic heterocycles. The number of hydrogen-bond donors (Lipinski definition) is 1. The maximum Gasteiger partial charge on any atom is 0.241 e. The Bertz CT molecular complexity index is 675. The van der Waals surface area contributed by atoms with Crippen molar-refractivity contribution in [3.05, 3.63) is 42.5 Å². The summed E-state index contributed by atoms with van der Waals surface area (Å²) in [5.41, 5.74) is 0. The van der Waals surface area contributed by atoms with Gasteiger partial charge in [0, 0.05) is 11.9 Å². The van der Waals surface area contributed by atoms with Crippen LogP contribution in [0, 0.1) is 0 Å². The molecule has 0 atom stereocenters. The van der Waals surface area contributed by atoms with Crippen LogP contribution < -0.4 is 4.72 Å². The van der Waals surface area contributed by atoms with E-state index in [0.717, 1.165) is 10.8 Å². The monoisotopic (exact) mass is 293 g/mol. The van der Waals surface area contributed by atoms with Crippen molar-refractivity contribution in [1.29, 1.82) is 0 Å². The number of fused-ring (bicyclic) bond motifs is 1. The Morgan fingerprint density at radius 2 is 1.80 bits per heavy atom. The second-order valence-electron chi connectivity index (χ2n) is 4.79. The van der Waals surface area contributed by atoms with E-state index in [9.17, 15) is 8.42 Å². The second kappa shape index (κ2) is 6.35. The molecular weight excluding hydrogens is 274 g/mol. The fourth-order valence-corrected chi connectivity index (χ4v) is 3.22. The van der Waals surface area contributed by atoms with Gasteiger partial charge in [0.05, 0.1) is 17.6 Å². The first-order valence-electron chi connectivity index (χ1n) is 6.60. The molecule has 0 aliphatic rings. The van der Waals surface area contributed by atoms with Crippen LogP contribution in [0.2, 0.25) is 0 Å². The smallest absolute Gasteiger partial charge is 0.241 e. The Balaban J connectivity index is 2.19. The van der Waals surface area contributed by atoms with Crippen LogP contribution in [-0.4, -0.2) is 27.7 Å². The van der Waals surface area contributed by atoms with Crippen molar-refractivity contribution in [3.8, 4) is 0 Å². The minimum Gasteiger partial charge on any atom is -0.377 e. The molecule has 0 saturated carbocycles. The summed E-state index contributed by atoms with van der Waals surface area (Å²) in [6, 6.07) is 12.7. The van der Waals surface area contributed by atoms with Gasteiger partial charge in [-0.1, -0.05) is 36.4 Å². The minimum absolute atomic E-state index is 0.0945. The van der Waals surface area contributed by atoms with Gasteiger partial charge >= 0.3 is 0 Å². The quantitative estimate of drug-likeness (QED) is 0.833. The van der Waals surface area contributed by atoms with Crippen molar-refractivity contribution in [2.24, 2.45) is 0 Å². The summed E-state index contributed by atoms with van der Waals surface area (Å²) in [4.78, 5) is 0.306. The predicted octanol–water partition coefficient (Wildman–Crippen LogP) is 2.54. The van der Waals surface area contributed by atoms with E-state index >= 15 is 0 Å². The molecule has 2 aromatic carbocycles. The molecule has 108 valence electrons. The maximum atomic E-state index is 12.3. The topological polar surface area (TPSA) is 55.4 Å². The molecule has 0 bridgehead atoms. The lowest BCUT2D eigenvalue weighted by Crippen LogP contribution is -2.28. The van der Waals surface area contributed by atoms with E-state index < -0.39 is 10.0 Å². The first-order chi connectivity index (χ1) is 9.50. The molecule has 0 radical (unpaired) electrons. The predicted molar refractivity (Wildman–Crippen MR) is 80.2 cm³/mol. The highest BCUT2D eigenvalue weighted by Crippen LogP contribution is 2.22. The zero-order chi connectivity index (χ0) is 14.6. The van der Waals surface area contributed by atoms with Crippen LogP contribution in [0.15, 0.2) is 47.4 Å². The summed E-state index contributed by atoms with van der Waals surface area (Å²) < 4.78 is 32.6. The van der Waals surface area contributed by atoms with Gasteiger partial charge in [-0.15, -0.1) is 0 Å². The van der Waals surface area contributed by atoms with Gasteiger partial charge in [0.15, 0.2) is 0 Å². The lowest BCUT2D eigenvalue weighted by Gasteiger charge is -2.11. The molecule has 1 N–H and O–H groups in total. The standard InChI is InChI=1S/C15H19NO3S/c1-12(2)19-11-10-16-20(17,18)15-9-5-7-13-6-3-4-8-14(13)15/h3-9,12,16H,10-11H2,1-2H3. The van der Waals surface area contributed by atoms with Gasteiger partial charge in [-0.2, -0.15) is 0 Å². The van der Waals surface area contributed by atoms with E-state index in [1.54, 1.807) is 12.1 Å². The molecular formula is C15H19NO3S. The molecule has 0 amide bonds. The SMILES string of the molecule is CC(C)OCCNS(=O)(=O)c1cccc2ccccc12. The molecule has 0 aliphatic heterocycles. The summed E-state index contributed by atoms with van der Waals surface area (Å²) in [5.74, 6) is 0. The van der Waals surface area contributed by atoms with E-state index in [2.05, 4.69) is 4.72 Å². The summed E-state index contributed by atoms with van der Waals surface area (Å²) in [5, 5.41) is 1.64. The van der Waals surface area contributed by atoms with Crippen LogP contribution in [0.5, 0.6) is 0 Å². The van der Waals surface area contributed by atoms with Gasteiger partial charge in [0.2, 0.25) is 10.0 Å². The molecule has 0 fully saturated rings. The minimum atomic E-state index is -3.51. The molecule has 0 spiro atoms. The Morgan fingerprint density at radius 1 is 1.10 bits per heavy atom.